The molecule has 33 heavy (non-hydrogen) atoms. The smallest absolute Gasteiger partial charge is 0.302 e. The second-order valence-corrected chi connectivity index (χ2v) is 11.9. The number of allylic oxidation sites excluding steroid dienone is 2. The molecule has 2 saturated carbocycles. The molecule has 2 fully saturated rings. The lowest BCUT2D eigenvalue weighted by atomic mass is 9.48. The molecule has 0 aromatic carbocycles. The molecule has 6 atom stereocenters. The Bertz CT molecular complexity index is 1110. The summed E-state index contributed by atoms with van der Waals surface area (Å²) in [6.07, 6.45) is 14.0. The minimum atomic E-state index is -0.128. The summed E-state index contributed by atoms with van der Waals surface area (Å²) in [5.41, 5.74) is 3.06. The van der Waals surface area contributed by atoms with Crippen molar-refractivity contribution in [1.82, 2.24) is 15.0 Å². The number of ether oxygens (including phenoxy) is 1. The topological polar surface area (TPSA) is 77.0 Å². The standard InChI is InChI=1S/C26H32N4O2S/c1-15(31)32-21-8-7-17-16-5-6-19-22-20(29-24(33-22)30-23-27-13-4-14-28-23)10-12-25(19,2)18(16)9-11-26(17,21)3/h4,6,13-14,16-18,21H,5,7-12H2,1-3H3,(H,27,28,29,30)/t16-,17-,18-,21-,25+,26-/m0/s1. The molecule has 0 amide bonds. The van der Waals surface area contributed by atoms with Gasteiger partial charge in [0.2, 0.25) is 5.95 Å². The van der Waals surface area contributed by atoms with Crippen LogP contribution in [0.1, 0.15) is 69.9 Å². The Morgan fingerprint density at radius 2 is 1.97 bits per heavy atom. The van der Waals surface area contributed by atoms with Crippen molar-refractivity contribution in [3.63, 3.8) is 0 Å². The first-order valence-corrected chi connectivity index (χ1v) is 13.1. The fourth-order valence-electron chi connectivity index (χ4n) is 7.73. The molecule has 2 aromatic rings. The first-order valence-electron chi connectivity index (χ1n) is 12.3. The van der Waals surface area contributed by atoms with Crippen LogP contribution in [0.5, 0.6) is 0 Å². The third kappa shape index (κ3) is 3.26. The van der Waals surface area contributed by atoms with Crippen LogP contribution in [0.2, 0.25) is 0 Å². The SMILES string of the molecule is CC(=O)O[C@H]1CC[C@H]2[C@@H]3CC=C4c5sc(Nc6ncccn6)nc5CC[C@]4(C)[C@H]3CC[C@]12C. The highest BCUT2D eigenvalue weighted by molar-refractivity contribution is 7.16. The molecule has 0 aliphatic heterocycles. The Labute approximate surface area is 199 Å². The lowest BCUT2D eigenvalue weighted by Gasteiger charge is -2.56. The Balaban J connectivity index is 1.30. The molecule has 2 heterocycles. The molecule has 0 spiro atoms. The highest BCUT2D eigenvalue weighted by Gasteiger charge is 2.59. The maximum absolute atomic E-state index is 11.7. The molecule has 7 heteroatoms. The minimum absolute atomic E-state index is 0.0902. The molecule has 0 unspecified atom stereocenters. The van der Waals surface area contributed by atoms with Crippen LogP contribution in [0.4, 0.5) is 11.1 Å². The van der Waals surface area contributed by atoms with Crippen molar-refractivity contribution in [2.45, 2.75) is 71.8 Å². The average molecular weight is 465 g/mol. The molecule has 0 radical (unpaired) electrons. The van der Waals surface area contributed by atoms with Crippen LogP contribution in [0, 0.1) is 28.6 Å². The maximum Gasteiger partial charge on any atom is 0.302 e. The minimum Gasteiger partial charge on any atom is -0.462 e. The first kappa shape index (κ1) is 21.3. The number of carbonyl (C=O) groups is 1. The van der Waals surface area contributed by atoms with Gasteiger partial charge in [-0.25, -0.2) is 15.0 Å². The second-order valence-electron chi connectivity index (χ2n) is 10.9. The summed E-state index contributed by atoms with van der Waals surface area (Å²) in [6, 6.07) is 1.82. The van der Waals surface area contributed by atoms with E-state index in [1.54, 1.807) is 30.7 Å². The molecular formula is C26H32N4O2S. The zero-order valence-corrected chi connectivity index (χ0v) is 20.5. The number of carbonyl (C=O) groups excluding carboxylic acids is 1. The van der Waals surface area contributed by atoms with Crippen LogP contribution >= 0.6 is 11.3 Å². The number of hydrogen-bond donors (Lipinski definition) is 1. The van der Waals surface area contributed by atoms with Crippen LogP contribution in [-0.2, 0) is 16.0 Å². The number of nitrogens with one attached hydrogen (secondary N) is 1. The number of aromatic nitrogens is 3. The van der Waals surface area contributed by atoms with Crippen LogP contribution in [0.15, 0.2) is 24.5 Å². The van der Waals surface area contributed by atoms with Crippen molar-refractivity contribution in [3.8, 4) is 0 Å². The molecule has 0 saturated heterocycles. The number of hydrogen-bond acceptors (Lipinski definition) is 7. The fraction of sp³-hybridized carbons (Fsp3) is 0.615. The van der Waals surface area contributed by atoms with Crippen molar-refractivity contribution in [1.29, 1.82) is 0 Å². The summed E-state index contributed by atoms with van der Waals surface area (Å²) in [7, 11) is 0. The molecule has 4 aliphatic carbocycles. The van der Waals surface area contributed by atoms with E-state index in [-0.39, 0.29) is 22.9 Å². The summed E-state index contributed by atoms with van der Waals surface area (Å²) in [5, 5.41) is 4.18. The van der Waals surface area contributed by atoms with E-state index in [1.807, 2.05) is 6.07 Å². The van der Waals surface area contributed by atoms with Crippen LogP contribution in [0.3, 0.4) is 0 Å². The van der Waals surface area contributed by atoms with E-state index in [9.17, 15) is 4.79 Å². The van der Waals surface area contributed by atoms with E-state index in [0.717, 1.165) is 37.2 Å². The van der Waals surface area contributed by atoms with Crippen molar-refractivity contribution in [2.75, 3.05) is 5.32 Å². The number of rotatable bonds is 3. The predicted molar refractivity (Wildman–Crippen MR) is 129 cm³/mol. The number of nitrogens with zero attached hydrogens (tertiary/aromatic N) is 3. The lowest BCUT2D eigenvalue weighted by molar-refractivity contribution is -0.156. The first-order chi connectivity index (χ1) is 15.9. The Morgan fingerprint density at radius 1 is 1.15 bits per heavy atom. The zero-order chi connectivity index (χ0) is 22.8. The third-order valence-electron chi connectivity index (χ3n) is 9.29. The van der Waals surface area contributed by atoms with Gasteiger partial charge in [-0.05, 0) is 79.8 Å². The van der Waals surface area contributed by atoms with Gasteiger partial charge in [0, 0.05) is 24.7 Å². The van der Waals surface area contributed by atoms with E-state index in [4.69, 9.17) is 9.72 Å². The van der Waals surface area contributed by atoms with E-state index in [1.165, 1.54) is 29.0 Å². The number of aryl methyl sites for hydroxylation is 1. The number of anilines is 2. The summed E-state index contributed by atoms with van der Waals surface area (Å²) in [4.78, 5) is 26.6. The Hall–Kier alpha value is -2.28. The van der Waals surface area contributed by atoms with Gasteiger partial charge >= 0.3 is 5.97 Å². The van der Waals surface area contributed by atoms with Gasteiger partial charge in [0.25, 0.3) is 0 Å². The van der Waals surface area contributed by atoms with Crippen LogP contribution in [-0.4, -0.2) is 27.0 Å². The van der Waals surface area contributed by atoms with E-state index >= 15 is 0 Å². The molecule has 4 aliphatic rings. The molecule has 6 nitrogen and oxygen atoms in total. The van der Waals surface area contributed by atoms with Crippen molar-refractivity contribution in [3.05, 3.63) is 35.1 Å². The van der Waals surface area contributed by atoms with Crippen molar-refractivity contribution >= 4 is 34.0 Å². The number of thiazole rings is 1. The predicted octanol–water partition coefficient (Wildman–Crippen LogP) is 5.79. The van der Waals surface area contributed by atoms with E-state index < -0.39 is 0 Å². The van der Waals surface area contributed by atoms with Gasteiger partial charge in [-0.3, -0.25) is 4.79 Å². The highest BCUT2D eigenvalue weighted by Crippen LogP contribution is 2.66. The molecule has 6 rings (SSSR count). The third-order valence-corrected chi connectivity index (χ3v) is 10.3. The van der Waals surface area contributed by atoms with E-state index in [2.05, 4.69) is 35.2 Å². The average Bonchev–Trinajstić information content (AvgIpc) is 3.34. The Kier molecular flexibility index (Phi) is 4.91. The normalized spacial score (nSPS) is 36.6. The monoisotopic (exact) mass is 464 g/mol. The van der Waals surface area contributed by atoms with Crippen molar-refractivity contribution < 1.29 is 9.53 Å². The quantitative estimate of drug-likeness (QED) is 0.579. The van der Waals surface area contributed by atoms with Gasteiger partial charge in [0.1, 0.15) is 6.10 Å². The molecule has 0 bridgehead atoms. The van der Waals surface area contributed by atoms with Crippen LogP contribution < -0.4 is 5.32 Å². The maximum atomic E-state index is 11.7. The van der Waals surface area contributed by atoms with E-state index in [0.29, 0.717) is 23.7 Å². The van der Waals surface area contributed by atoms with Gasteiger partial charge in [-0.2, -0.15) is 0 Å². The number of fused-ring (bicyclic) bond motifs is 7. The Morgan fingerprint density at radius 3 is 2.76 bits per heavy atom. The van der Waals surface area contributed by atoms with Gasteiger partial charge in [-0.1, -0.05) is 31.3 Å². The van der Waals surface area contributed by atoms with Gasteiger partial charge in [-0.15, -0.1) is 0 Å². The highest BCUT2D eigenvalue weighted by atomic mass is 32.1. The molecule has 1 N–H and O–H groups in total. The second kappa shape index (κ2) is 7.62. The summed E-state index contributed by atoms with van der Waals surface area (Å²) < 4.78 is 5.82. The summed E-state index contributed by atoms with van der Waals surface area (Å²) in [5.74, 6) is 2.49. The van der Waals surface area contributed by atoms with Crippen molar-refractivity contribution in [2.24, 2.45) is 28.6 Å². The van der Waals surface area contributed by atoms with Crippen LogP contribution in [0.25, 0.3) is 5.57 Å². The van der Waals surface area contributed by atoms with Gasteiger partial charge < -0.3 is 10.1 Å². The molecule has 2 aromatic heterocycles. The summed E-state index contributed by atoms with van der Waals surface area (Å²) >= 11 is 1.75. The van der Waals surface area contributed by atoms with Gasteiger partial charge in [0.05, 0.1) is 10.6 Å². The molecular weight excluding hydrogens is 432 g/mol. The molecule has 174 valence electrons. The van der Waals surface area contributed by atoms with Gasteiger partial charge in [0.15, 0.2) is 5.13 Å². The zero-order valence-electron chi connectivity index (χ0n) is 19.6. The lowest BCUT2D eigenvalue weighted by Crippen LogP contribution is -2.50. The number of esters is 1. The largest absolute Gasteiger partial charge is 0.462 e. The fourth-order valence-corrected chi connectivity index (χ4v) is 8.92. The summed E-state index contributed by atoms with van der Waals surface area (Å²) in [6.45, 7) is 6.45.